The van der Waals surface area contributed by atoms with E-state index in [0.29, 0.717) is 6.92 Å². The summed E-state index contributed by atoms with van der Waals surface area (Å²) in [5.41, 5.74) is 2.19. The van der Waals surface area contributed by atoms with Gasteiger partial charge in [-0.05, 0) is 32.4 Å². The van der Waals surface area contributed by atoms with Crippen LogP contribution >= 0.6 is 11.8 Å². The van der Waals surface area contributed by atoms with Gasteiger partial charge in [0.05, 0.1) is 0 Å². The van der Waals surface area contributed by atoms with Gasteiger partial charge in [0.15, 0.2) is 5.54 Å². The number of carbonyl (C=O) groups excluding carboxylic acids is 1. The highest BCUT2D eigenvalue weighted by Gasteiger charge is 2.54. The van der Waals surface area contributed by atoms with Gasteiger partial charge in [0, 0.05) is 11.3 Å². The predicted molar refractivity (Wildman–Crippen MR) is 61.8 cm³/mol. The number of nitrogens with one attached hydrogen (secondary N) is 1. The first-order valence-corrected chi connectivity index (χ1v) is 6.35. The van der Waals surface area contributed by atoms with Gasteiger partial charge < -0.3 is 11.1 Å². The van der Waals surface area contributed by atoms with Crippen molar-refractivity contribution in [3.8, 4) is 0 Å². The van der Waals surface area contributed by atoms with Gasteiger partial charge in [0.25, 0.3) is 0 Å². The Morgan fingerprint density at radius 2 is 2.12 bits per heavy atom. The Kier molecular flexibility index (Phi) is 4.03. The molecule has 1 fully saturated rings. The van der Waals surface area contributed by atoms with E-state index in [1.54, 1.807) is 11.8 Å². The normalized spacial score (nSPS) is 28.8. The van der Waals surface area contributed by atoms with E-state index in [9.17, 15) is 18.0 Å². The highest BCUT2D eigenvalue weighted by Crippen LogP contribution is 2.37. The Hall–Kier alpha value is -0.430. The average molecular weight is 270 g/mol. The molecule has 0 bridgehead atoms. The number of rotatable bonds is 3. The van der Waals surface area contributed by atoms with E-state index < -0.39 is 17.6 Å². The largest absolute Gasteiger partial charge is 0.415 e. The van der Waals surface area contributed by atoms with Crippen LogP contribution in [0.2, 0.25) is 0 Å². The molecule has 1 rings (SSSR count). The van der Waals surface area contributed by atoms with Crippen LogP contribution in [0.15, 0.2) is 0 Å². The number of hydrogen-bond donors (Lipinski definition) is 2. The summed E-state index contributed by atoms with van der Waals surface area (Å²) in [7, 11) is 0. The van der Waals surface area contributed by atoms with E-state index in [-0.39, 0.29) is 11.3 Å². The van der Waals surface area contributed by atoms with Crippen LogP contribution < -0.4 is 11.1 Å². The summed E-state index contributed by atoms with van der Waals surface area (Å²) in [6, 6.07) is 0. The number of hydrogen-bond acceptors (Lipinski definition) is 3. The fourth-order valence-electron chi connectivity index (χ4n) is 1.56. The first kappa shape index (κ1) is 14.6. The Morgan fingerprint density at radius 1 is 1.53 bits per heavy atom. The van der Waals surface area contributed by atoms with Crippen molar-refractivity contribution in [3.63, 3.8) is 0 Å². The molecule has 0 aromatic carbocycles. The van der Waals surface area contributed by atoms with E-state index in [1.807, 2.05) is 6.92 Å². The van der Waals surface area contributed by atoms with E-state index in [1.165, 1.54) is 0 Å². The molecule has 1 aliphatic heterocycles. The van der Waals surface area contributed by atoms with Gasteiger partial charge in [-0.2, -0.15) is 24.9 Å². The average Bonchev–Trinajstić information content (AvgIpc) is 2.60. The van der Waals surface area contributed by atoms with Crippen molar-refractivity contribution in [1.82, 2.24) is 5.32 Å². The molecule has 0 aromatic rings. The number of halogens is 3. The van der Waals surface area contributed by atoms with Crippen molar-refractivity contribution >= 4 is 17.7 Å². The van der Waals surface area contributed by atoms with Crippen LogP contribution in [0.25, 0.3) is 0 Å². The van der Waals surface area contributed by atoms with Crippen molar-refractivity contribution in [3.05, 3.63) is 0 Å². The van der Waals surface area contributed by atoms with Crippen molar-refractivity contribution in [2.75, 3.05) is 12.3 Å². The second-order valence-corrected chi connectivity index (χ2v) is 6.47. The van der Waals surface area contributed by atoms with Crippen LogP contribution in [0.4, 0.5) is 13.2 Å². The lowest BCUT2D eigenvalue weighted by Gasteiger charge is -2.29. The van der Waals surface area contributed by atoms with E-state index in [4.69, 9.17) is 5.73 Å². The van der Waals surface area contributed by atoms with Crippen LogP contribution in [0.5, 0.6) is 0 Å². The molecule has 0 spiro atoms. The monoisotopic (exact) mass is 270 g/mol. The van der Waals surface area contributed by atoms with E-state index in [0.717, 1.165) is 18.6 Å². The third kappa shape index (κ3) is 3.28. The van der Waals surface area contributed by atoms with Crippen LogP contribution in [0.3, 0.4) is 0 Å². The first-order chi connectivity index (χ1) is 7.58. The van der Waals surface area contributed by atoms with Gasteiger partial charge >= 0.3 is 6.18 Å². The standard InChI is InChI=1S/C10H17F3N2OS/c1-8(4-3-5-17-8)6-15-7(16)9(2,14)10(11,12)13/h3-6,14H2,1-2H3,(H,15,16). The number of amides is 1. The molecule has 2 unspecified atom stereocenters. The van der Waals surface area contributed by atoms with Crippen molar-refractivity contribution in [2.45, 2.75) is 43.2 Å². The molecule has 0 saturated carbocycles. The van der Waals surface area contributed by atoms with Crippen LogP contribution in [0, 0.1) is 0 Å². The molecule has 2 atom stereocenters. The lowest BCUT2D eigenvalue weighted by atomic mass is 10.0. The molecule has 3 N–H and O–H groups in total. The molecular formula is C10H17F3N2OS. The third-order valence-corrected chi connectivity index (χ3v) is 4.52. The van der Waals surface area contributed by atoms with Crippen molar-refractivity contribution in [1.29, 1.82) is 0 Å². The molecule has 100 valence electrons. The summed E-state index contributed by atoms with van der Waals surface area (Å²) in [6.45, 7) is 2.85. The molecule has 1 amide bonds. The van der Waals surface area contributed by atoms with Gasteiger partial charge in [-0.1, -0.05) is 0 Å². The highest BCUT2D eigenvalue weighted by atomic mass is 32.2. The molecule has 1 aliphatic rings. The maximum Gasteiger partial charge on any atom is 0.415 e. The Balaban J connectivity index is 2.55. The van der Waals surface area contributed by atoms with Crippen molar-refractivity contribution < 1.29 is 18.0 Å². The molecule has 3 nitrogen and oxygen atoms in total. The molecule has 0 aliphatic carbocycles. The Morgan fingerprint density at radius 3 is 2.53 bits per heavy atom. The van der Waals surface area contributed by atoms with Gasteiger partial charge in [0.1, 0.15) is 0 Å². The minimum Gasteiger partial charge on any atom is -0.353 e. The fourth-order valence-corrected chi connectivity index (χ4v) is 2.80. The zero-order valence-corrected chi connectivity index (χ0v) is 10.7. The minimum absolute atomic E-state index is 0.169. The second kappa shape index (κ2) is 4.68. The number of nitrogens with two attached hydrogens (primary N) is 1. The summed E-state index contributed by atoms with van der Waals surface area (Å²) in [5.74, 6) is -0.190. The summed E-state index contributed by atoms with van der Waals surface area (Å²) < 4.78 is 37.3. The highest BCUT2D eigenvalue weighted by molar-refractivity contribution is 8.00. The molecular weight excluding hydrogens is 253 g/mol. The fraction of sp³-hybridized carbons (Fsp3) is 0.900. The lowest BCUT2D eigenvalue weighted by Crippen LogP contribution is -2.62. The predicted octanol–water partition coefficient (Wildman–Crippen LogP) is 1.67. The van der Waals surface area contributed by atoms with Gasteiger partial charge in [-0.25, -0.2) is 0 Å². The quantitative estimate of drug-likeness (QED) is 0.820. The summed E-state index contributed by atoms with van der Waals surface area (Å²) in [5, 5.41) is 2.31. The topological polar surface area (TPSA) is 55.1 Å². The maximum absolute atomic E-state index is 12.5. The molecule has 0 radical (unpaired) electrons. The van der Waals surface area contributed by atoms with Gasteiger partial charge in [0.2, 0.25) is 5.91 Å². The van der Waals surface area contributed by atoms with Crippen LogP contribution in [0.1, 0.15) is 26.7 Å². The Bertz CT molecular complexity index is 298. The summed E-state index contributed by atoms with van der Waals surface area (Å²) in [6.07, 6.45) is -2.82. The second-order valence-electron chi connectivity index (χ2n) is 4.78. The summed E-state index contributed by atoms with van der Waals surface area (Å²) in [4.78, 5) is 11.4. The van der Waals surface area contributed by atoms with Crippen LogP contribution in [-0.4, -0.2) is 34.7 Å². The smallest absolute Gasteiger partial charge is 0.353 e. The molecule has 1 heterocycles. The first-order valence-electron chi connectivity index (χ1n) is 5.36. The zero-order valence-electron chi connectivity index (χ0n) is 9.86. The third-order valence-electron chi connectivity index (χ3n) is 2.98. The van der Waals surface area contributed by atoms with Crippen molar-refractivity contribution in [2.24, 2.45) is 5.73 Å². The van der Waals surface area contributed by atoms with E-state index in [2.05, 4.69) is 5.32 Å². The number of thioether (sulfide) groups is 1. The maximum atomic E-state index is 12.5. The van der Waals surface area contributed by atoms with Gasteiger partial charge in [-0.3, -0.25) is 4.79 Å². The van der Waals surface area contributed by atoms with E-state index >= 15 is 0 Å². The number of carbonyl (C=O) groups is 1. The SMILES string of the molecule is CC1(CNC(=O)C(C)(N)C(F)(F)F)CCCS1. The Labute approximate surface area is 103 Å². The zero-order chi connectivity index (χ0) is 13.3. The number of alkyl halides is 3. The lowest BCUT2D eigenvalue weighted by molar-refractivity contribution is -0.187. The molecule has 17 heavy (non-hydrogen) atoms. The molecule has 7 heteroatoms. The van der Waals surface area contributed by atoms with Gasteiger partial charge in [-0.15, -0.1) is 0 Å². The minimum atomic E-state index is -4.74. The molecule has 0 aromatic heterocycles. The summed E-state index contributed by atoms with van der Waals surface area (Å²) >= 11 is 1.67. The van der Waals surface area contributed by atoms with Crippen LogP contribution in [-0.2, 0) is 4.79 Å². The molecule has 1 saturated heterocycles.